The van der Waals surface area contributed by atoms with Crippen molar-refractivity contribution in [2.45, 2.75) is 25.4 Å². The topological polar surface area (TPSA) is 79.4 Å². The van der Waals surface area contributed by atoms with Crippen molar-refractivity contribution in [3.05, 3.63) is 74.9 Å². The second-order valence-electron chi connectivity index (χ2n) is 6.92. The molecule has 0 saturated carbocycles. The lowest BCUT2D eigenvalue weighted by Gasteiger charge is -2.22. The van der Waals surface area contributed by atoms with E-state index in [1.165, 1.54) is 22.9 Å². The van der Waals surface area contributed by atoms with E-state index < -0.39 is 16.7 Å². The van der Waals surface area contributed by atoms with Crippen LogP contribution >= 0.6 is 11.6 Å². The van der Waals surface area contributed by atoms with Crippen LogP contribution < -0.4 is 4.74 Å². The number of rotatable bonds is 5. The monoisotopic (exact) mass is 453 g/mol. The van der Waals surface area contributed by atoms with E-state index in [0.717, 1.165) is 17.2 Å². The van der Waals surface area contributed by atoms with Gasteiger partial charge in [-0.15, -0.1) is 0 Å². The molecular formula is C20H15ClF3N3O4. The number of nitro groups is 1. The van der Waals surface area contributed by atoms with E-state index in [0.29, 0.717) is 12.1 Å². The number of fused-ring (bicyclic) bond motifs is 1. The number of imidazole rings is 1. The molecule has 1 aliphatic rings. The van der Waals surface area contributed by atoms with Crippen molar-refractivity contribution < 1.29 is 27.6 Å². The molecular weight excluding hydrogens is 439 g/mol. The van der Waals surface area contributed by atoms with Crippen LogP contribution in [0.3, 0.4) is 0 Å². The highest BCUT2D eigenvalue weighted by Crippen LogP contribution is 2.36. The summed E-state index contributed by atoms with van der Waals surface area (Å²) in [4.78, 5) is 14.0. The maximum Gasteiger partial charge on any atom is 0.417 e. The number of hydrogen-bond acceptors (Lipinski definition) is 5. The third kappa shape index (κ3) is 4.64. The first-order valence-corrected chi connectivity index (χ1v) is 9.50. The van der Waals surface area contributed by atoms with Crippen LogP contribution in [-0.2, 0) is 24.1 Å². The van der Waals surface area contributed by atoms with Crippen molar-refractivity contribution in [2.75, 3.05) is 6.61 Å². The molecule has 0 saturated heterocycles. The maximum atomic E-state index is 12.9. The fourth-order valence-electron chi connectivity index (χ4n) is 3.19. The molecule has 4 rings (SSSR count). The van der Waals surface area contributed by atoms with Crippen LogP contribution in [0.1, 0.15) is 11.1 Å². The molecule has 0 spiro atoms. The fourth-order valence-corrected chi connectivity index (χ4v) is 3.48. The van der Waals surface area contributed by atoms with Crippen LogP contribution in [0.4, 0.5) is 19.0 Å². The zero-order valence-corrected chi connectivity index (χ0v) is 16.6. The molecule has 0 bridgehead atoms. The van der Waals surface area contributed by atoms with Crippen molar-refractivity contribution in [1.29, 1.82) is 0 Å². The van der Waals surface area contributed by atoms with Crippen LogP contribution in [0.5, 0.6) is 6.01 Å². The summed E-state index contributed by atoms with van der Waals surface area (Å²) in [6.45, 7) is 0.864. The van der Waals surface area contributed by atoms with Gasteiger partial charge in [0.25, 0.3) is 0 Å². The minimum absolute atomic E-state index is 0.186. The number of benzene rings is 2. The van der Waals surface area contributed by atoms with Crippen LogP contribution in [0, 0.1) is 10.1 Å². The number of hydrogen-bond donors (Lipinski definition) is 0. The Morgan fingerprint density at radius 1 is 1.23 bits per heavy atom. The van der Waals surface area contributed by atoms with Crippen LogP contribution in [0.15, 0.2) is 48.7 Å². The van der Waals surface area contributed by atoms with Gasteiger partial charge in [-0.05, 0) is 33.7 Å². The fraction of sp³-hybridized carbons (Fsp3) is 0.250. The summed E-state index contributed by atoms with van der Waals surface area (Å²) in [5, 5.41) is 10.5. The quantitative estimate of drug-likeness (QED) is 0.396. The minimum atomic E-state index is -4.50. The van der Waals surface area contributed by atoms with Gasteiger partial charge in [0.2, 0.25) is 0 Å². The normalized spacial score (nSPS) is 15.9. The number of ether oxygens (including phenoxy) is 2. The van der Waals surface area contributed by atoms with Gasteiger partial charge in [-0.2, -0.15) is 13.2 Å². The number of alkyl halides is 3. The highest BCUT2D eigenvalue weighted by atomic mass is 35.5. The Kier molecular flexibility index (Phi) is 5.59. The lowest BCUT2D eigenvalue weighted by molar-refractivity contribution is -0.389. The lowest BCUT2D eigenvalue weighted by Crippen LogP contribution is -2.32. The summed E-state index contributed by atoms with van der Waals surface area (Å²) in [5.74, 6) is -0.283. The average Bonchev–Trinajstić information content (AvgIpc) is 3.15. The molecule has 1 aromatic heterocycles. The van der Waals surface area contributed by atoms with Crippen LogP contribution in [-0.4, -0.2) is 27.2 Å². The van der Waals surface area contributed by atoms with E-state index in [9.17, 15) is 23.3 Å². The molecule has 11 heteroatoms. The summed E-state index contributed by atoms with van der Waals surface area (Å²) in [5.41, 5.74) is 1.27. The number of aromatic nitrogens is 2. The predicted octanol–water partition coefficient (Wildman–Crippen LogP) is 5.11. The molecule has 0 aliphatic carbocycles. The second-order valence-corrected chi connectivity index (χ2v) is 7.33. The molecule has 0 radical (unpaired) electrons. The zero-order chi connectivity index (χ0) is 22.2. The Morgan fingerprint density at radius 2 is 1.94 bits per heavy atom. The van der Waals surface area contributed by atoms with Gasteiger partial charge in [-0.1, -0.05) is 41.9 Å². The van der Waals surface area contributed by atoms with Gasteiger partial charge in [-0.25, -0.2) is 0 Å². The smallest absolute Gasteiger partial charge is 0.417 e. The molecule has 0 unspecified atom stereocenters. The summed E-state index contributed by atoms with van der Waals surface area (Å²) in [7, 11) is 0. The highest BCUT2D eigenvalue weighted by molar-refractivity contribution is 6.31. The van der Waals surface area contributed by atoms with E-state index in [4.69, 9.17) is 21.1 Å². The molecule has 0 N–H and O–H groups in total. The van der Waals surface area contributed by atoms with Crippen molar-refractivity contribution in [3.63, 3.8) is 0 Å². The van der Waals surface area contributed by atoms with Crippen LogP contribution in [0.2, 0.25) is 5.02 Å². The molecule has 0 fully saturated rings. The van der Waals surface area contributed by atoms with Gasteiger partial charge in [0, 0.05) is 4.98 Å². The van der Waals surface area contributed by atoms with Gasteiger partial charge in [0.15, 0.2) is 0 Å². The molecule has 3 aromatic rings. The molecule has 7 nitrogen and oxygen atoms in total. The first kappa shape index (κ1) is 21.1. The van der Waals surface area contributed by atoms with Gasteiger partial charge in [-0.3, -0.25) is 4.57 Å². The Bertz CT molecular complexity index is 1120. The third-order valence-corrected chi connectivity index (χ3v) is 5.07. The average molecular weight is 454 g/mol. The largest absolute Gasteiger partial charge is 0.443 e. The van der Waals surface area contributed by atoms with Gasteiger partial charge < -0.3 is 19.6 Å². The van der Waals surface area contributed by atoms with Crippen molar-refractivity contribution >= 4 is 17.4 Å². The maximum absolute atomic E-state index is 12.9. The Labute approximate surface area is 179 Å². The highest BCUT2D eigenvalue weighted by Gasteiger charge is 2.33. The third-order valence-electron chi connectivity index (χ3n) is 4.76. The van der Waals surface area contributed by atoms with E-state index in [2.05, 4.69) is 4.98 Å². The zero-order valence-electron chi connectivity index (χ0n) is 15.8. The number of halogens is 4. The summed E-state index contributed by atoms with van der Waals surface area (Å²) in [6, 6.07) is 11.0. The first-order chi connectivity index (χ1) is 14.7. The molecule has 0 amide bonds. The van der Waals surface area contributed by atoms with Gasteiger partial charge in [0.05, 0.1) is 23.7 Å². The van der Waals surface area contributed by atoms with Crippen molar-refractivity contribution in [1.82, 2.24) is 9.55 Å². The first-order valence-electron chi connectivity index (χ1n) is 9.13. The molecule has 2 heterocycles. The van der Waals surface area contributed by atoms with Crippen molar-refractivity contribution in [3.8, 4) is 17.1 Å². The number of nitrogens with zero attached hydrogens (tertiary/aromatic N) is 3. The Morgan fingerprint density at radius 3 is 2.58 bits per heavy atom. The standard InChI is InChI=1S/C20H15ClF3N3O4/c21-17-7-14(5-6-16(17)20(22,23)24)13-3-1-12(2-4-13)10-30-15-8-26-9-18(27(28)29)25-19(26)31-11-15/h1-7,9,15H,8,10-11H2/t15-/m0/s1. The predicted molar refractivity (Wildman–Crippen MR) is 105 cm³/mol. The minimum Gasteiger partial charge on any atom is -0.443 e. The summed E-state index contributed by atoms with van der Waals surface area (Å²) >= 11 is 5.79. The Balaban J connectivity index is 1.38. The van der Waals surface area contributed by atoms with Gasteiger partial charge >= 0.3 is 18.0 Å². The van der Waals surface area contributed by atoms with Crippen molar-refractivity contribution in [2.24, 2.45) is 0 Å². The van der Waals surface area contributed by atoms with Gasteiger partial charge in [0.1, 0.15) is 18.9 Å². The Hall–Kier alpha value is -3.11. The second kappa shape index (κ2) is 8.20. The summed E-state index contributed by atoms with van der Waals surface area (Å²) < 4.78 is 51.3. The molecule has 31 heavy (non-hydrogen) atoms. The molecule has 1 atom stereocenters. The van der Waals surface area contributed by atoms with E-state index in [1.807, 2.05) is 0 Å². The van der Waals surface area contributed by atoms with E-state index in [-0.39, 0.29) is 36.2 Å². The lowest BCUT2D eigenvalue weighted by atomic mass is 10.0. The molecule has 1 aliphatic heterocycles. The van der Waals surface area contributed by atoms with E-state index >= 15 is 0 Å². The molecule has 2 aromatic carbocycles. The SMILES string of the molecule is O=[N+]([O-])c1cn2c(n1)OC[C@@H](OCc1ccc(-c3ccc(C(F)(F)F)c(Cl)c3)cc1)C2. The van der Waals surface area contributed by atoms with Crippen LogP contribution in [0.25, 0.3) is 11.1 Å². The van der Waals surface area contributed by atoms with E-state index in [1.54, 1.807) is 24.3 Å². The molecule has 162 valence electrons. The summed E-state index contributed by atoms with van der Waals surface area (Å²) in [6.07, 6.45) is -3.51.